The normalized spacial score (nSPS) is 21.8. The van der Waals surface area contributed by atoms with Crippen LogP contribution < -0.4 is 5.32 Å². The van der Waals surface area contributed by atoms with Crippen LogP contribution in [0.25, 0.3) is 0 Å². The Hall–Kier alpha value is -0.123. The van der Waals surface area contributed by atoms with Crippen molar-refractivity contribution in [1.82, 2.24) is 9.88 Å². The van der Waals surface area contributed by atoms with E-state index in [4.69, 9.17) is 0 Å². The van der Waals surface area contributed by atoms with Gasteiger partial charge in [0, 0.05) is 26.2 Å². The molecular weight excluding hydrogens is 128 g/mol. The lowest BCUT2D eigenvalue weighted by Gasteiger charge is -2.24. The SMILES string of the molecule is C=C[Si]N1CCNCC1. The third-order valence-electron chi connectivity index (χ3n) is 1.39. The lowest BCUT2D eigenvalue weighted by Crippen LogP contribution is -2.44. The zero-order valence-electron chi connectivity index (χ0n) is 5.56. The van der Waals surface area contributed by atoms with Crippen LogP contribution in [0, 0.1) is 0 Å². The molecule has 50 valence electrons. The summed E-state index contributed by atoms with van der Waals surface area (Å²) in [5.41, 5.74) is 1.99. The van der Waals surface area contributed by atoms with E-state index in [0.29, 0.717) is 0 Å². The summed E-state index contributed by atoms with van der Waals surface area (Å²) in [4.78, 5) is 0. The van der Waals surface area contributed by atoms with Gasteiger partial charge in [0.25, 0.3) is 0 Å². The van der Waals surface area contributed by atoms with Crippen molar-refractivity contribution in [3.63, 3.8) is 0 Å². The highest BCUT2D eigenvalue weighted by molar-refractivity contribution is 6.38. The Bertz CT molecular complexity index is 89.1. The second-order valence-electron chi connectivity index (χ2n) is 2.07. The third-order valence-corrected chi connectivity index (χ3v) is 2.39. The topological polar surface area (TPSA) is 15.3 Å². The molecule has 0 aliphatic carbocycles. The summed E-state index contributed by atoms with van der Waals surface area (Å²) in [6, 6.07) is 0. The Labute approximate surface area is 58.8 Å². The number of hydrogen-bond acceptors (Lipinski definition) is 2. The lowest BCUT2D eigenvalue weighted by molar-refractivity contribution is 0.378. The van der Waals surface area contributed by atoms with E-state index in [0.717, 1.165) is 22.8 Å². The molecule has 0 spiro atoms. The van der Waals surface area contributed by atoms with Gasteiger partial charge in [-0.3, -0.25) is 0 Å². The van der Waals surface area contributed by atoms with Crippen LogP contribution in [-0.4, -0.2) is 40.4 Å². The molecule has 2 nitrogen and oxygen atoms in total. The molecule has 0 aromatic carbocycles. The summed E-state index contributed by atoms with van der Waals surface area (Å²) in [7, 11) is 0.821. The Morgan fingerprint density at radius 2 is 2.11 bits per heavy atom. The Morgan fingerprint density at radius 1 is 1.44 bits per heavy atom. The van der Waals surface area contributed by atoms with Crippen molar-refractivity contribution in [1.29, 1.82) is 0 Å². The number of rotatable bonds is 2. The van der Waals surface area contributed by atoms with E-state index in [1.165, 1.54) is 13.1 Å². The quantitative estimate of drug-likeness (QED) is 0.528. The Kier molecular flexibility index (Phi) is 2.97. The fourth-order valence-corrected chi connectivity index (χ4v) is 1.66. The summed E-state index contributed by atoms with van der Waals surface area (Å²) >= 11 is 0. The highest BCUT2D eigenvalue weighted by Crippen LogP contribution is 1.87. The molecule has 0 atom stereocenters. The second kappa shape index (κ2) is 3.82. The molecule has 1 saturated heterocycles. The molecule has 1 rings (SSSR count). The van der Waals surface area contributed by atoms with Gasteiger partial charge >= 0.3 is 0 Å². The molecule has 1 aliphatic heterocycles. The van der Waals surface area contributed by atoms with Crippen LogP contribution in [0.3, 0.4) is 0 Å². The van der Waals surface area contributed by atoms with Crippen molar-refractivity contribution in [3.05, 3.63) is 12.3 Å². The number of nitrogens with zero attached hydrogens (tertiary/aromatic N) is 1. The van der Waals surface area contributed by atoms with Gasteiger partial charge < -0.3 is 9.88 Å². The van der Waals surface area contributed by atoms with Gasteiger partial charge in [-0.1, -0.05) is 5.70 Å². The van der Waals surface area contributed by atoms with E-state index in [9.17, 15) is 0 Å². The highest BCUT2D eigenvalue weighted by Gasteiger charge is 2.06. The zero-order valence-corrected chi connectivity index (χ0v) is 6.56. The monoisotopic (exact) mass is 140 g/mol. The van der Waals surface area contributed by atoms with Crippen LogP contribution in [0.2, 0.25) is 0 Å². The van der Waals surface area contributed by atoms with Gasteiger partial charge in [-0.25, -0.2) is 0 Å². The van der Waals surface area contributed by atoms with Gasteiger partial charge in [-0.2, -0.15) is 0 Å². The minimum Gasteiger partial charge on any atom is -0.319 e. The molecule has 0 aromatic heterocycles. The van der Waals surface area contributed by atoms with Crippen LogP contribution in [0.1, 0.15) is 0 Å². The number of piperazine rings is 1. The predicted octanol–water partition coefficient (Wildman–Crippen LogP) is -0.346. The van der Waals surface area contributed by atoms with Crippen molar-refractivity contribution >= 4 is 9.68 Å². The summed E-state index contributed by atoms with van der Waals surface area (Å²) in [6.07, 6.45) is 0. The Morgan fingerprint density at radius 3 is 2.67 bits per heavy atom. The molecule has 9 heavy (non-hydrogen) atoms. The molecule has 0 unspecified atom stereocenters. The molecule has 1 aliphatic rings. The largest absolute Gasteiger partial charge is 0.319 e. The van der Waals surface area contributed by atoms with E-state index in [1.807, 2.05) is 5.70 Å². The van der Waals surface area contributed by atoms with Crippen LogP contribution in [0.4, 0.5) is 0 Å². The van der Waals surface area contributed by atoms with E-state index in [-0.39, 0.29) is 0 Å². The first-order valence-corrected chi connectivity index (χ1v) is 4.28. The number of nitrogens with one attached hydrogen (secondary N) is 1. The minimum atomic E-state index is 0.821. The molecule has 0 aromatic rings. The fraction of sp³-hybridized carbons (Fsp3) is 0.667. The molecule has 1 heterocycles. The van der Waals surface area contributed by atoms with Crippen molar-refractivity contribution in [2.24, 2.45) is 0 Å². The van der Waals surface area contributed by atoms with Gasteiger partial charge in [0.2, 0.25) is 0 Å². The molecule has 0 saturated carbocycles. The van der Waals surface area contributed by atoms with E-state index >= 15 is 0 Å². The van der Waals surface area contributed by atoms with Gasteiger partial charge in [-0.15, -0.1) is 6.58 Å². The van der Waals surface area contributed by atoms with Crippen molar-refractivity contribution in [3.8, 4) is 0 Å². The first-order valence-electron chi connectivity index (χ1n) is 3.26. The minimum absolute atomic E-state index is 0.821. The lowest BCUT2D eigenvalue weighted by atomic mass is 10.4. The third kappa shape index (κ3) is 2.30. The summed E-state index contributed by atoms with van der Waals surface area (Å²) in [5.74, 6) is 0. The molecule has 1 fully saturated rings. The number of hydrogen-bond donors (Lipinski definition) is 1. The smallest absolute Gasteiger partial charge is 0.173 e. The van der Waals surface area contributed by atoms with Gasteiger partial charge in [0.15, 0.2) is 9.68 Å². The van der Waals surface area contributed by atoms with E-state index in [2.05, 4.69) is 16.5 Å². The average Bonchev–Trinajstić information content (AvgIpc) is 1.91. The van der Waals surface area contributed by atoms with Crippen molar-refractivity contribution < 1.29 is 0 Å². The maximum Gasteiger partial charge on any atom is 0.173 e. The predicted molar refractivity (Wildman–Crippen MR) is 40.4 cm³/mol. The first kappa shape index (κ1) is 6.99. The van der Waals surface area contributed by atoms with E-state index < -0.39 is 0 Å². The zero-order chi connectivity index (χ0) is 6.53. The Balaban J connectivity index is 2.15. The summed E-state index contributed by atoms with van der Waals surface area (Å²) < 4.78 is 2.42. The van der Waals surface area contributed by atoms with Crippen LogP contribution in [0.5, 0.6) is 0 Å². The van der Waals surface area contributed by atoms with Gasteiger partial charge in [0.05, 0.1) is 0 Å². The van der Waals surface area contributed by atoms with Crippen LogP contribution in [-0.2, 0) is 0 Å². The fourth-order valence-electron chi connectivity index (χ4n) is 0.923. The first-order chi connectivity index (χ1) is 4.43. The molecule has 3 heteroatoms. The van der Waals surface area contributed by atoms with Crippen LogP contribution in [0.15, 0.2) is 12.3 Å². The summed E-state index contributed by atoms with van der Waals surface area (Å²) in [6.45, 7) is 8.35. The van der Waals surface area contributed by atoms with Gasteiger partial charge in [-0.05, 0) is 0 Å². The van der Waals surface area contributed by atoms with Gasteiger partial charge in [0.1, 0.15) is 0 Å². The maximum absolute atomic E-state index is 3.71. The molecule has 2 radical (unpaired) electrons. The molecule has 0 bridgehead atoms. The maximum atomic E-state index is 3.71. The van der Waals surface area contributed by atoms with E-state index in [1.54, 1.807) is 0 Å². The van der Waals surface area contributed by atoms with Crippen molar-refractivity contribution in [2.45, 2.75) is 0 Å². The van der Waals surface area contributed by atoms with Crippen LogP contribution >= 0.6 is 0 Å². The van der Waals surface area contributed by atoms with Crippen molar-refractivity contribution in [2.75, 3.05) is 26.2 Å². The highest BCUT2D eigenvalue weighted by atomic mass is 28.2. The standard InChI is InChI=1S/C6H12N2Si/c1-2-9-8-5-3-7-4-6-8/h2,7H,1,3-6H2. The molecular formula is C6H12N2Si. The summed E-state index contributed by atoms with van der Waals surface area (Å²) in [5, 5.41) is 3.30. The molecule has 0 amide bonds. The molecule has 1 N–H and O–H groups in total. The second-order valence-corrected chi connectivity index (χ2v) is 3.37. The average molecular weight is 140 g/mol.